The number of hydrogen-bond donors (Lipinski definition) is 1. The minimum Gasteiger partial charge on any atom is -0.363 e. The lowest BCUT2D eigenvalue weighted by Gasteiger charge is -2.10. The highest BCUT2D eigenvalue weighted by Crippen LogP contribution is 2.05. The molecule has 1 aromatic heterocycles. The molecule has 0 atom stereocenters. The van der Waals surface area contributed by atoms with E-state index in [2.05, 4.69) is 9.97 Å². The van der Waals surface area contributed by atoms with E-state index in [9.17, 15) is 0 Å². The number of nitrogens with two attached hydrogens (primary N) is 1. The van der Waals surface area contributed by atoms with Crippen molar-refractivity contribution in [2.24, 2.45) is 5.73 Å². The summed E-state index contributed by atoms with van der Waals surface area (Å²) in [5, 5.41) is 0. The fourth-order valence-corrected chi connectivity index (χ4v) is 0.742. The molecule has 1 heterocycles. The van der Waals surface area contributed by atoms with Crippen molar-refractivity contribution >= 4 is 5.82 Å². The van der Waals surface area contributed by atoms with Crippen molar-refractivity contribution in [3.8, 4) is 0 Å². The van der Waals surface area contributed by atoms with E-state index in [-0.39, 0.29) is 0 Å². The predicted octanol–water partition coefficient (Wildman–Crippen LogP) is 0.00130. The summed E-state index contributed by atoms with van der Waals surface area (Å²) in [6, 6.07) is 1.88. The van der Waals surface area contributed by atoms with E-state index in [1.165, 1.54) is 6.33 Å². The first-order valence-corrected chi connectivity index (χ1v) is 3.42. The molecular weight excluding hydrogens is 140 g/mol. The maximum absolute atomic E-state index is 5.41. The monoisotopic (exact) mass is 152 g/mol. The third-order valence-corrected chi connectivity index (χ3v) is 1.38. The molecule has 2 N–H and O–H groups in total. The Hall–Kier alpha value is -1.16. The van der Waals surface area contributed by atoms with Gasteiger partial charge in [-0.1, -0.05) is 0 Å². The van der Waals surface area contributed by atoms with E-state index in [4.69, 9.17) is 5.73 Å². The molecule has 1 rings (SSSR count). The average Bonchev–Trinajstić information content (AvgIpc) is 2.05. The van der Waals surface area contributed by atoms with Gasteiger partial charge in [0.15, 0.2) is 0 Å². The lowest BCUT2D eigenvalue weighted by atomic mass is 10.4. The Kier molecular flexibility index (Phi) is 2.38. The first-order chi connectivity index (χ1) is 5.24. The quantitative estimate of drug-likeness (QED) is 0.648. The Morgan fingerprint density at radius 3 is 2.73 bits per heavy atom. The van der Waals surface area contributed by atoms with E-state index < -0.39 is 0 Å². The molecule has 0 aliphatic carbocycles. The lowest BCUT2D eigenvalue weighted by molar-refractivity contribution is 0.943. The van der Waals surface area contributed by atoms with Crippen LogP contribution in [0.15, 0.2) is 12.4 Å². The normalized spacial score (nSPS) is 9.73. The van der Waals surface area contributed by atoms with Crippen molar-refractivity contribution in [2.75, 3.05) is 19.0 Å². The lowest BCUT2D eigenvalue weighted by Crippen LogP contribution is -2.12. The van der Waals surface area contributed by atoms with Gasteiger partial charge in [-0.25, -0.2) is 9.97 Å². The van der Waals surface area contributed by atoms with E-state index in [1.807, 2.05) is 25.1 Å². The molecular formula is C7H12N4. The molecule has 0 saturated carbocycles. The molecule has 0 radical (unpaired) electrons. The Labute approximate surface area is 66.1 Å². The van der Waals surface area contributed by atoms with Crippen LogP contribution >= 0.6 is 0 Å². The van der Waals surface area contributed by atoms with Gasteiger partial charge < -0.3 is 10.6 Å². The van der Waals surface area contributed by atoms with Crippen molar-refractivity contribution in [3.05, 3.63) is 18.1 Å². The highest BCUT2D eigenvalue weighted by molar-refractivity contribution is 5.36. The van der Waals surface area contributed by atoms with Crippen LogP contribution in [0.25, 0.3) is 0 Å². The van der Waals surface area contributed by atoms with Gasteiger partial charge in [0.25, 0.3) is 0 Å². The van der Waals surface area contributed by atoms with Crippen molar-refractivity contribution < 1.29 is 0 Å². The van der Waals surface area contributed by atoms with Gasteiger partial charge in [0.05, 0.1) is 5.69 Å². The van der Waals surface area contributed by atoms with Gasteiger partial charge in [0, 0.05) is 26.7 Å². The summed E-state index contributed by atoms with van der Waals surface area (Å²) in [4.78, 5) is 9.94. The first kappa shape index (κ1) is 7.94. The Balaban J connectivity index is 2.91. The van der Waals surface area contributed by atoms with Gasteiger partial charge in [-0.3, -0.25) is 0 Å². The number of anilines is 1. The number of nitrogens with zero attached hydrogens (tertiary/aromatic N) is 3. The van der Waals surface area contributed by atoms with Gasteiger partial charge in [0.1, 0.15) is 12.1 Å². The summed E-state index contributed by atoms with van der Waals surface area (Å²) < 4.78 is 0. The molecule has 11 heavy (non-hydrogen) atoms. The van der Waals surface area contributed by atoms with Crippen LogP contribution in [-0.2, 0) is 6.54 Å². The van der Waals surface area contributed by atoms with Gasteiger partial charge >= 0.3 is 0 Å². The zero-order valence-electron chi connectivity index (χ0n) is 6.78. The molecule has 0 saturated heterocycles. The second-order valence-corrected chi connectivity index (χ2v) is 2.47. The molecule has 0 bridgehead atoms. The van der Waals surface area contributed by atoms with E-state index in [0.717, 1.165) is 11.5 Å². The summed E-state index contributed by atoms with van der Waals surface area (Å²) in [5.41, 5.74) is 6.27. The highest BCUT2D eigenvalue weighted by Gasteiger charge is 1.97. The number of rotatable bonds is 2. The highest BCUT2D eigenvalue weighted by atomic mass is 15.1. The SMILES string of the molecule is CN(C)c1cc(CN)ncn1. The third-order valence-electron chi connectivity index (χ3n) is 1.38. The predicted molar refractivity (Wildman–Crippen MR) is 44.3 cm³/mol. The van der Waals surface area contributed by atoms with E-state index >= 15 is 0 Å². The van der Waals surface area contributed by atoms with Gasteiger partial charge in [-0.15, -0.1) is 0 Å². The molecule has 4 heteroatoms. The number of hydrogen-bond acceptors (Lipinski definition) is 4. The van der Waals surface area contributed by atoms with Crippen molar-refractivity contribution in [1.82, 2.24) is 9.97 Å². The number of aromatic nitrogens is 2. The van der Waals surface area contributed by atoms with Crippen LogP contribution in [0, 0.1) is 0 Å². The fraction of sp³-hybridized carbons (Fsp3) is 0.429. The minimum absolute atomic E-state index is 0.462. The summed E-state index contributed by atoms with van der Waals surface area (Å²) >= 11 is 0. The smallest absolute Gasteiger partial charge is 0.131 e. The molecule has 4 nitrogen and oxygen atoms in total. The van der Waals surface area contributed by atoms with Crippen LogP contribution in [-0.4, -0.2) is 24.1 Å². The summed E-state index contributed by atoms with van der Waals surface area (Å²) in [6.07, 6.45) is 1.53. The minimum atomic E-state index is 0.462. The molecule has 0 aliphatic heterocycles. The zero-order valence-corrected chi connectivity index (χ0v) is 6.78. The topological polar surface area (TPSA) is 55.0 Å². The summed E-state index contributed by atoms with van der Waals surface area (Å²) in [5.74, 6) is 0.889. The van der Waals surface area contributed by atoms with Crippen molar-refractivity contribution in [2.45, 2.75) is 6.54 Å². The Bertz CT molecular complexity index is 234. The maximum Gasteiger partial charge on any atom is 0.131 e. The van der Waals surface area contributed by atoms with Crippen LogP contribution in [0.4, 0.5) is 5.82 Å². The van der Waals surface area contributed by atoms with Crippen molar-refractivity contribution in [1.29, 1.82) is 0 Å². The molecule has 0 aromatic carbocycles. The van der Waals surface area contributed by atoms with Crippen LogP contribution in [0.2, 0.25) is 0 Å². The maximum atomic E-state index is 5.41. The van der Waals surface area contributed by atoms with Crippen LogP contribution in [0.3, 0.4) is 0 Å². The summed E-state index contributed by atoms with van der Waals surface area (Å²) in [7, 11) is 3.87. The molecule has 0 aliphatic rings. The summed E-state index contributed by atoms with van der Waals surface area (Å²) in [6.45, 7) is 0.462. The van der Waals surface area contributed by atoms with Crippen molar-refractivity contribution in [3.63, 3.8) is 0 Å². The second-order valence-electron chi connectivity index (χ2n) is 2.47. The largest absolute Gasteiger partial charge is 0.363 e. The van der Waals surface area contributed by atoms with Crippen LogP contribution < -0.4 is 10.6 Å². The molecule has 0 amide bonds. The van der Waals surface area contributed by atoms with Crippen LogP contribution in [0.5, 0.6) is 0 Å². The fourth-order valence-electron chi connectivity index (χ4n) is 0.742. The van der Waals surface area contributed by atoms with E-state index in [0.29, 0.717) is 6.54 Å². The zero-order chi connectivity index (χ0) is 8.27. The van der Waals surface area contributed by atoms with Gasteiger partial charge in [-0.05, 0) is 0 Å². The molecule has 0 fully saturated rings. The van der Waals surface area contributed by atoms with E-state index in [1.54, 1.807) is 0 Å². The second kappa shape index (κ2) is 3.30. The average molecular weight is 152 g/mol. The molecule has 1 aromatic rings. The molecule has 0 unspecified atom stereocenters. The molecule has 0 spiro atoms. The third kappa shape index (κ3) is 1.88. The Morgan fingerprint density at radius 1 is 1.45 bits per heavy atom. The van der Waals surface area contributed by atoms with Crippen LogP contribution in [0.1, 0.15) is 5.69 Å². The standard InChI is InChI=1S/C7H12N4/c1-11(2)7-3-6(4-8)9-5-10-7/h3,5H,4,8H2,1-2H3. The van der Waals surface area contributed by atoms with Gasteiger partial charge in [-0.2, -0.15) is 0 Å². The molecule has 60 valence electrons. The first-order valence-electron chi connectivity index (χ1n) is 3.42. The Morgan fingerprint density at radius 2 is 2.18 bits per heavy atom. The van der Waals surface area contributed by atoms with Gasteiger partial charge in [0.2, 0.25) is 0 Å².